The van der Waals surface area contributed by atoms with E-state index in [-0.39, 0.29) is 5.97 Å². The van der Waals surface area contributed by atoms with Crippen LogP contribution in [0.4, 0.5) is 0 Å². The molecule has 0 bridgehead atoms. The van der Waals surface area contributed by atoms with Crippen molar-refractivity contribution in [2.45, 2.75) is 12.8 Å². The quantitative estimate of drug-likeness (QED) is 0.337. The summed E-state index contributed by atoms with van der Waals surface area (Å²) >= 11 is 0. The first-order chi connectivity index (χ1) is 5.83. The second-order valence-electron chi connectivity index (χ2n) is 2.45. The van der Waals surface area contributed by atoms with Crippen molar-refractivity contribution in [1.82, 2.24) is 0 Å². The first-order valence-corrected chi connectivity index (χ1v) is 3.89. The molecule has 0 aliphatic carbocycles. The third kappa shape index (κ3) is 2.78. The monoisotopic (exact) mass is 168 g/mol. The lowest BCUT2D eigenvalue weighted by atomic mass is 10.2. The predicted octanol–water partition coefficient (Wildman–Crippen LogP) is 1.41. The van der Waals surface area contributed by atoms with Crippen LogP contribution >= 0.6 is 0 Å². The molecule has 0 N–H and O–H groups in total. The fraction of sp³-hybridized carbons (Fsp3) is 0.444. The predicted molar refractivity (Wildman–Crippen MR) is 44.4 cm³/mol. The highest BCUT2D eigenvalue weighted by molar-refractivity contribution is 5.82. The summed E-state index contributed by atoms with van der Waals surface area (Å²) in [6.07, 6.45) is 7.07. The van der Waals surface area contributed by atoms with Crippen molar-refractivity contribution in [3.8, 4) is 0 Å². The Hall–Kier alpha value is -1.25. The van der Waals surface area contributed by atoms with Gasteiger partial charge in [-0.05, 0) is 6.42 Å². The molecule has 0 saturated heterocycles. The minimum atomic E-state index is -0.355. The molecule has 0 saturated carbocycles. The Balaban J connectivity index is 2.50. The highest BCUT2D eigenvalue weighted by Gasteiger charge is 2.03. The van der Waals surface area contributed by atoms with Gasteiger partial charge in [-0.15, -0.1) is 0 Å². The normalized spacial score (nSPS) is 19.9. The highest BCUT2D eigenvalue weighted by atomic mass is 16.5. The summed E-state index contributed by atoms with van der Waals surface area (Å²) in [5, 5.41) is 0. The summed E-state index contributed by atoms with van der Waals surface area (Å²) < 4.78 is 9.73. The van der Waals surface area contributed by atoms with Gasteiger partial charge in [0.25, 0.3) is 0 Å². The third-order valence-electron chi connectivity index (χ3n) is 1.57. The van der Waals surface area contributed by atoms with Crippen LogP contribution in [0.3, 0.4) is 0 Å². The molecule has 1 heterocycles. The minimum Gasteiger partial charge on any atom is -0.494 e. The fourth-order valence-electron chi connectivity index (χ4n) is 0.943. The van der Waals surface area contributed by atoms with Gasteiger partial charge in [-0.2, -0.15) is 0 Å². The number of hydrogen-bond donors (Lipinski definition) is 0. The van der Waals surface area contributed by atoms with Gasteiger partial charge in [0.1, 0.15) is 12.4 Å². The zero-order valence-corrected chi connectivity index (χ0v) is 7.08. The van der Waals surface area contributed by atoms with Crippen LogP contribution in [-0.2, 0) is 14.3 Å². The van der Waals surface area contributed by atoms with Gasteiger partial charge in [0.05, 0.1) is 13.2 Å². The van der Waals surface area contributed by atoms with E-state index in [1.165, 1.54) is 13.2 Å². The molecule has 0 atom stereocenters. The first-order valence-electron chi connectivity index (χ1n) is 3.89. The maximum absolute atomic E-state index is 10.8. The number of rotatable bonds is 1. The van der Waals surface area contributed by atoms with E-state index in [9.17, 15) is 4.79 Å². The SMILES string of the molecule is COC(=O)C=C1CCC=CCO1. The van der Waals surface area contributed by atoms with Crippen molar-refractivity contribution in [2.75, 3.05) is 13.7 Å². The number of carbonyl (C=O) groups excluding carboxylic acids is 1. The molecule has 0 aromatic rings. The topological polar surface area (TPSA) is 35.5 Å². The molecule has 0 aromatic carbocycles. The number of allylic oxidation sites excluding steroid dienone is 2. The van der Waals surface area contributed by atoms with Crippen molar-refractivity contribution >= 4 is 5.97 Å². The Morgan fingerprint density at radius 2 is 2.50 bits per heavy atom. The van der Waals surface area contributed by atoms with Crippen molar-refractivity contribution in [3.63, 3.8) is 0 Å². The van der Waals surface area contributed by atoms with Crippen LogP contribution in [0.1, 0.15) is 12.8 Å². The van der Waals surface area contributed by atoms with Crippen molar-refractivity contribution in [2.24, 2.45) is 0 Å². The molecule has 1 rings (SSSR count). The molecule has 0 amide bonds. The summed E-state index contributed by atoms with van der Waals surface area (Å²) in [6.45, 7) is 0.544. The molecular formula is C9H12O3. The lowest BCUT2D eigenvalue weighted by molar-refractivity contribution is -0.135. The second-order valence-corrected chi connectivity index (χ2v) is 2.45. The van der Waals surface area contributed by atoms with Crippen molar-refractivity contribution < 1.29 is 14.3 Å². The van der Waals surface area contributed by atoms with Gasteiger partial charge in [-0.1, -0.05) is 12.2 Å². The highest BCUT2D eigenvalue weighted by Crippen LogP contribution is 2.11. The van der Waals surface area contributed by atoms with E-state index in [0.717, 1.165) is 12.8 Å². The Kier molecular flexibility index (Phi) is 3.38. The zero-order chi connectivity index (χ0) is 8.81. The van der Waals surface area contributed by atoms with Crippen LogP contribution in [0, 0.1) is 0 Å². The van der Waals surface area contributed by atoms with Gasteiger partial charge in [0.2, 0.25) is 0 Å². The minimum absolute atomic E-state index is 0.355. The molecule has 0 radical (unpaired) electrons. The van der Waals surface area contributed by atoms with Crippen LogP contribution in [0.5, 0.6) is 0 Å². The number of esters is 1. The molecule has 0 aromatic heterocycles. The Morgan fingerprint density at radius 3 is 3.25 bits per heavy atom. The molecule has 0 fully saturated rings. The Morgan fingerprint density at radius 1 is 1.67 bits per heavy atom. The van der Waals surface area contributed by atoms with E-state index in [1.807, 2.05) is 12.2 Å². The second kappa shape index (κ2) is 4.59. The lowest BCUT2D eigenvalue weighted by Crippen LogP contribution is -1.99. The van der Waals surface area contributed by atoms with E-state index in [1.54, 1.807) is 0 Å². The number of methoxy groups -OCH3 is 1. The van der Waals surface area contributed by atoms with Crippen LogP contribution in [0.25, 0.3) is 0 Å². The standard InChI is InChI=1S/C9H12O3/c1-11-9(10)7-8-5-3-2-4-6-12-8/h2,4,7H,3,5-6H2,1H3. The maximum atomic E-state index is 10.8. The average molecular weight is 168 g/mol. The Labute approximate surface area is 71.7 Å². The van der Waals surface area contributed by atoms with Gasteiger partial charge in [0.15, 0.2) is 0 Å². The molecule has 1 aliphatic heterocycles. The first kappa shape index (κ1) is 8.84. The molecular weight excluding hydrogens is 156 g/mol. The molecule has 0 spiro atoms. The molecule has 0 unspecified atom stereocenters. The summed E-state index contributed by atoms with van der Waals surface area (Å²) in [5.74, 6) is 0.346. The molecule has 3 nitrogen and oxygen atoms in total. The van der Waals surface area contributed by atoms with Gasteiger partial charge in [-0.3, -0.25) is 0 Å². The van der Waals surface area contributed by atoms with E-state index in [0.29, 0.717) is 12.4 Å². The summed E-state index contributed by atoms with van der Waals surface area (Å²) in [5.41, 5.74) is 0. The average Bonchev–Trinajstić information content (AvgIpc) is 2.33. The van der Waals surface area contributed by atoms with Crippen molar-refractivity contribution in [1.29, 1.82) is 0 Å². The fourth-order valence-corrected chi connectivity index (χ4v) is 0.943. The van der Waals surface area contributed by atoms with Gasteiger partial charge < -0.3 is 9.47 Å². The largest absolute Gasteiger partial charge is 0.494 e. The van der Waals surface area contributed by atoms with Crippen LogP contribution in [0.15, 0.2) is 24.0 Å². The van der Waals surface area contributed by atoms with Gasteiger partial charge in [-0.25, -0.2) is 4.79 Å². The number of carbonyl (C=O) groups is 1. The van der Waals surface area contributed by atoms with Gasteiger partial charge in [0, 0.05) is 6.42 Å². The lowest BCUT2D eigenvalue weighted by Gasteiger charge is -2.03. The van der Waals surface area contributed by atoms with E-state index in [4.69, 9.17) is 4.74 Å². The molecule has 66 valence electrons. The third-order valence-corrected chi connectivity index (χ3v) is 1.57. The zero-order valence-electron chi connectivity index (χ0n) is 7.08. The summed E-state index contributed by atoms with van der Waals surface area (Å²) in [7, 11) is 1.36. The van der Waals surface area contributed by atoms with E-state index < -0.39 is 0 Å². The number of ether oxygens (including phenoxy) is 2. The van der Waals surface area contributed by atoms with Gasteiger partial charge >= 0.3 is 5.97 Å². The Bertz CT molecular complexity index is 204. The smallest absolute Gasteiger partial charge is 0.333 e. The molecule has 3 heteroatoms. The summed E-state index contributed by atoms with van der Waals surface area (Å²) in [4.78, 5) is 10.8. The van der Waals surface area contributed by atoms with Crippen LogP contribution in [-0.4, -0.2) is 19.7 Å². The van der Waals surface area contributed by atoms with Crippen LogP contribution in [0.2, 0.25) is 0 Å². The van der Waals surface area contributed by atoms with Crippen LogP contribution < -0.4 is 0 Å². The maximum Gasteiger partial charge on any atom is 0.333 e. The van der Waals surface area contributed by atoms with Crippen molar-refractivity contribution in [3.05, 3.63) is 24.0 Å². The molecule has 12 heavy (non-hydrogen) atoms. The summed E-state index contributed by atoms with van der Waals surface area (Å²) in [6, 6.07) is 0. The van der Waals surface area contributed by atoms with E-state index in [2.05, 4.69) is 4.74 Å². The molecule has 1 aliphatic rings. The number of hydrogen-bond acceptors (Lipinski definition) is 3. The van der Waals surface area contributed by atoms with E-state index >= 15 is 0 Å².